The Kier molecular flexibility index (Phi) is 4.24. The Bertz CT molecular complexity index is 436. The van der Waals surface area contributed by atoms with Crippen molar-refractivity contribution in [3.63, 3.8) is 0 Å². The maximum Gasteiger partial charge on any atom is 0.223 e. The van der Waals surface area contributed by atoms with Crippen LogP contribution in [0.5, 0.6) is 0 Å². The first-order valence-corrected chi connectivity index (χ1v) is 6.86. The summed E-state index contributed by atoms with van der Waals surface area (Å²) in [5, 5.41) is 13.3. The summed E-state index contributed by atoms with van der Waals surface area (Å²) < 4.78 is 5.10. The van der Waals surface area contributed by atoms with Crippen molar-refractivity contribution in [3.8, 4) is 0 Å². The molecule has 0 saturated carbocycles. The summed E-state index contributed by atoms with van der Waals surface area (Å²) in [4.78, 5) is 14.1. The van der Waals surface area contributed by atoms with E-state index in [0.29, 0.717) is 18.8 Å². The Labute approximate surface area is 113 Å². The third-order valence-corrected chi connectivity index (χ3v) is 4.16. The third-order valence-electron chi connectivity index (χ3n) is 4.16. The number of hydrogen-bond donors (Lipinski definition) is 1. The highest BCUT2D eigenvalue weighted by Gasteiger charge is 2.33. The molecule has 106 valence electrons. The van der Waals surface area contributed by atoms with Crippen LogP contribution in [0.1, 0.15) is 36.8 Å². The first-order chi connectivity index (χ1) is 9.04. The Balaban J connectivity index is 1.95. The van der Waals surface area contributed by atoms with E-state index in [1.165, 1.54) is 0 Å². The number of carbonyl (C=O) groups is 1. The number of likely N-dealkylation sites (tertiary alicyclic amines) is 1. The molecule has 2 heterocycles. The standard InChI is InChI=1S/C14H22N2O3/c1-9-6-7-16(13(9)8-17)14(18)5-4-12-10(2)15-19-11(12)3/h9,13,17H,4-8H2,1-3H3. The number of nitrogens with zero attached hydrogens (tertiary/aromatic N) is 2. The van der Waals surface area contributed by atoms with Crippen LogP contribution in [0.2, 0.25) is 0 Å². The zero-order valence-electron chi connectivity index (χ0n) is 11.8. The lowest BCUT2D eigenvalue weighted by Gasteiger charge is -2.25. The number of aryl methyl sites for hydroxylation is 2. The molecule has 0 bridgehead atoms. The van der Waals surface area contributed by atoms with Crippen molar-refractivity contribution in [2.45, 2.75) is 46.1 Å². The molecule has 19 heavy (non-hydrogen) atoms. The normalized spacial score (nSPS) is 23.1. The van der Waals surface area contributed by atoms with Crippen LogP contribution >= 0.6 is 0 Å². The summed E-state index contributed by atoms with van der Waals surface area (Å²) in [6.45, 7) is 6.66. The second kappa shape index (κ2) is 5.74. The van der Waals surface area contributed by atoms with E-state index in [2.05, 4.69) is 12.1 Å². The molecule has 2 unspecified atom stereocenters. The van der Waals surface area contributed by atoms with Gasteiger partial charge in [-0.25, -0.2) is 0 Å². The zero-order chi connectivity index (χ0) is 14.0. The van der Waals surface area contributed by atoms with Gasteiger partial charge in [-0.2, -0.15) is 0 Å². The van der Waals surface area contributed by atoms with Gasteiger partial charge in [-0.05, 0) is 32.6 Å². The van der Waals surface area contributed by atoms with Gasteiger partial charge >= 0.3 is 0 Å². The van der Waals surface area contributed by atoms with Gasteiger partial charge in [0.15, 0.2) is 0 Å². The summed E-state index contributed by atoms with van der Waals surface area (Å²) in [6.07, 6.45) is 2.08. The van der Waals surface area contributed by atoms with Crippen LogP contribution in [0.3, 0.4) is 0 Å². The van der Waals surface area contributed by atoms with E-state index in [1.807, 2.05) is 18.7 Å². The number of amides is 1. The average molecular weight is 266 g/mol. The van der Waals surface area contributed by atoms with E-state index in [-0.39, 0.29) is 18.6 Å². The summed E-state index contributed by atoms with van der Waals surface area (Å²) in [7, 11) is 0. The Morgan fingerprint density at radius 2 is 2.26 bits per heavy atom. The number of aliphatic hydroxyl groups is 1. The summed E-state index contributed by atoms with van der Waals surface area (Å²) in [5.41, 5.74) is 1.89. The molecule has 1 aromatic heterocycles. The fraction of sp³-hybridized carbons (Fsp3) is 0.714. The van der Waals surface area contributed by atoms with E-state index < -0.39 is 0 Å². The highest BCUT2D eigenvalue weighted by Crippen LogP contribution is 2.25. The number of aromatic nitrogens is 1. The van der Waals surface area contributed by atoms with Gasteiger partial charge in [0.25, 0.3) is 0 Å². The molecular formula is C14H22N2O3. The first-order valence-electron chi connectivity index (χ1n) is 6.86. The van der Waals surface area contributed by atoms with Crippen LogP contribution in [0.4, 0.5) is 0 Å². The lowest BCUT2D eigenvalue weighted by Crippen LogP contribution is -2.39. The number of hydrogen-bond acceptors (Lipinski definition) is 4. The van der Waals surface area contributed by atoms with Crippen molar-refractivity contribution >= 4 is 5.91 Å². The molecule has 1 aliphatic rings. The van der Waals surface area contributed by atoms with E-state index in [0.717, 1.165) is 30.0 Å². The molecular weight excluding hydrogens is 244 g/mol. The van der Waals surface area contributed by atoms with Gasteiger partial charge in [0.1, 0.15) is 5.76 Å². The number of carbonyl (C=O) groups excluding carboxylic acids is 1. The average Bonchev–Trinajstić information content (AvgIpc) is 2.91. The van der Waals surface area contributed by atoms with Crippen molar-refractivity contribution in [2.24, 2.45) is 5.92 Å². The predicted octanol–water partition coefficient (Wildman–Crippen LogP) is 1.45. The molecule has 1 N–H and O–H groups in total. The third kappa shape index (κ3) is 2.81. The fourth-order valence-electron chi connectivity index (χ4n) is 2.83. The molecule has 5 heteroatoms. The Morgan fingerprint density at radius 1 is 1.53 bits per heavy atom. The summed E-state index contributed by atoms with van der Waals surface area (Å²) in [6, 6.07) is -0.0165. The van der Waals surface area contributed by atoms with Gasteiger partial charge in [-0.3, -0.25) is 4.79 Å². The van der Waals surface area contributed by atoms with Crippen LogP contribution in [-0.4, -0.2) is 40.3 Å². The minimum atomic E-state index is -0.0165. The predicted molar refractivity (Wildman–Crippen MR) is 70.7 cm³/mol. The van der Waals surface area contributed by atoms with Crippen LogP contribution in [0.15, 0.2) is 4.52 Å². The van der Waals surface area contributed by atoms with E-state index in [4.69, 9.17) is 4.52 Å². The Hall–Kier alpha value is -1.36. The smallest absolute Gasteiger partial charge is 0.223 e. The maximum atomic E-state index is 12.2. The second-order valence-corrected chi connectivity index (χ2v) is 5.41. The molecule has 2 rings (SSSR count). The van der Waals surface area contributed by atoms with Gasteiger partial charge in [0.2, 0.25) is 5.91 Å². The first kappa shape index (κ1) is 14.1. The zero-order valence-corrected chi connectivity index (χ0v) is 11.8. The highest BCUT2D eigenvalue weighted by atomic mass is 16.5. The topological polar surface area (TPSA) is 66.6 Å². The molecule has 1 fully saturated rings. The molecule has 0 spiro atoms. The minimum Gasteiger partial charge on any atom is -0.394 e. The lowest BCUT2D eigenvalue weighted by atomic mass is 10.0. The Morgan fingerprint density at radius 3 is 2.84 bits per heavy atom. The molecule has 0 aliphatic carbocycles. The number of rotatable bonds is 4. The van der Waals surface area contributed by atoms with E-state index >= 15 is 0 Å². The van der Waals surface area contributed by atoms with Crippen molar-refractivity contribution in [1.82, 2.24) is 10.1 Å². The molecule has 1 amide bonds. The molecule has 2 atom stereocenters. The number of aliphatic hydroxyl groups excluding tert-OH is 1. The highest BCUT2D eigenvalue weighted by molar-refractivity contribution is 5.77. The van der Waals surface area contributed by atoms with Crippen LogP contribution in [-0.2, 0) is 11.2 Å². The van der Waals surface area contributed by atoms with E-state index in [1.54, 1.807) is 0 Å². The maximum absolute atomic E-state index is 12.2. The molecule has 1 saturated heterocycles. The van der Waals surface area contributed by atoms with Crippen LogP contribution in [0.25, 0.3) is 0 Å². The molecule has 0 aromatic carbocycles. The molecule has 5 nitrogen and oxygen atoms in total. The second-order valence-electron chi connectivity index (χ2n) is 5.41. The van der Waals surface area contributed by atoms with E-state index in [9.17, 15) is 9.90 Å². The molecule has 1 aromatic rings. The fourth-order valence-corrected chi connectivity index (χ4v) is 2.83. The molecule has 0 radical (unpaired) electrons. The van der Waals surface area contributed by atoms with Gasteiger partial charge < -0.3 is 14.5 Å². The quantitative estimate of drug-likeness (QED) is 0.895. The summed E-state index contributed by atoms with van der Waals surface area (Å²) in [5.74, 6) is 1.29. The van der Waals surface area contributed by atoms with Gasteiger partial charge in [-0.1, -0.05) is 12.1 Å². The van der Waals surface area contributed by atoms with Crippen molar-refractivity contribution in [1.29, 1.82) is 0 Å². The van der Waals surface area contributed by atoms with Gasteiger partial charge in [0, 0.05) is 18.5 Å². The molecule has 1 aliphatic heterocycles. The van der Waals surface area contributed by atoms with Crippen molar-refractivity contribution in [2.75, 3.05) is 13.2 Å². The van der Waals surface area contributed by atoms with Crippen molar-refractivity contribution < 1.29 is 14.4 Å². The summed E-state index contributed by atoms with van der Waals surface area (Å²) >= 11 is 0. The van der Waals surface area contributed by atoms with Gasteiger partial charge in [-0.15, -0.1) is 0 Å². The largest absolute Gasteiger partial charge is 0.394 e. The van der Waals surface area contributed by atoms with Crippen molar-refractivity contribution in [3.05, 3.63) is 17.0 Å². The van der Waals surface area contributed by atoms with Gasteiger partial charge in [0.05, 0.1) is 18.3 Å². The minimum absolute atomic E-state index is 0.0165. The monoisotopic (exact) mass is 266 g/mol. The van der Waals surface area contributed by atoms with Crippen LogP contribution in [0, 0.1) is 19.8 Å². The SMILES string of the molecule is Cc1noc(C)c1CCC(=O)N1CCC(C)C1CO. The lowest BCUT2D eigenvalue weighted by molar-refractivity contribution is -0.133. The van der Waals surface area contributed by atoms with Crippen LogP contribution < -0.4 is 0 Å².